The number of rotatable bonds is 6. The second-order valence-corrected chi connectivity index (χ2v) is 10.4. The van der Waals surface area contributed by atoms with Crippen LogP contribution in [0.5, 0.6) is 0 Å². The molecule has 9 heteroatoms. The van der Waals surface area contributed by atoms with Gasteiger partial charge in [-0.15, -0.1) is 11.3 Å². The maximum atomic E-state index is 12.9. The second kappa shape index (κ2) is 8.77. The Bertz CT molecular complexity index is 1570. The summed E-state index contributed by atoms with van der Waals surface area (Å²) < 4.78 is 27.1. The number of para-hydroxylation sites is 2. The number of aromatic amines is 1. The summed E-state index contributed by atoms with van der Waals surface area (Å²) in [5, 5.41) is 6.21. The van der Waals surface area contributed by atoms with Gasteiger partial charge in [-0.05, 0) is 42.5 Å². The quantitative estimate of drug-likeness (QED) is 0.336. The molecule has 0 radical (unpaired) electrons. The summed E-state index contributed by atoms with van der Waals surface area (Å²) >= 11 is 1.33. The average molecular weight is 489 g/mol. The van der Waals surface area contributed by atoms with Crippen LogP contribution < -0.4 is 9.62 Å². The molecule has 0 fully saturated rings. The van der Waals surface area contributed by atoms with Crippen LogP contribution >= 0.6 is 11.3 Å². The first kappa shape index (κ1) is 21.9. The number of thiazole rings is 1. The van der Waals surface area contributed by atoms with Gasteiger partial charge in [0.2, 0.25) is 0 Å². The SMILES string of the molecule is CN(c1ccccc1)S(=O)(=O)c1ccc(C(=O)Nc2nc(-c3c[nH]c4ccccc34)cs2)cc1. The molecule has 0 saturated carbocycles. The summed E-state index contributed by atoms with van der Waals surface area (Å²) in [6.45, 7) is 0. The zero-order valence-corrected chi connectivity index (χ0v) is 19.7. The average Bonchev–Trinajstić information content (AvgIpc) is 3.51. The molecule has 5 aromatic rings. The number of fused-ring (bicyclic) bond motifs is 1. The van der Waals surface area contributed by atoms with Crippen LogP contribution in [0.4, 0.5) is 10.8 Å². The number of benzene rings is 3. The number of carbonyl (C=O) groups is 1. The van der Waals surface area contributed by atoms with Crippen LogP contribution in [0.25, 0.3) is 22.2 Å². The first-order chi connectivity index (χ1) is 16.4. The van der Waals surface area contributed by atoms with Gasteiger partial charge >= 0.3 is 0 Å². The Hall–Kier alpha value is -3.95. The fraction of sp³-hybridized carbons (Fsp3) is 0.0400. The van der Waals surface area contributed by atoms with Crippen molar-refractivity contribution in [2.24, 2.45) is 0 Å². The Morgan fingerprint density at radius 1 is 0.971 bits per heavy atom. The zero-order chi connectivity index (χ0) is 23.7. The lowest BCUT2D eigenvalue weighted by Crippen LogP contribution is -2.26. The molecule has 0 aliphatic rings. The van der Waals surface area contributed by atoms with Crippen LogP contribution in [0.3, 0.4) is 0 Å². The number of amides is 1. The van der Waals surface area contributed by atoms with Gasteiger partial charge in [0.1, 0.15) is 0 Å². The van der Waals surface area contributed by atoms with E-state index in [0.29, 0.717) is 16.4 Å². The molecule has 5 rings (SSSR count). The maximum Gasteiger partial charge on any atom is 0.264 e. The molecule has 170 valence electrons. The lowest BCUT2D eigenvalue weighted by Gasteiger charge is -2.19. The van der Waals surface area contributed by atoms with Crippen molar-refractivity contribution in [2.75, 3.05) is 16.7 Å². The van der Waals surface area contributed by atoms with E-state index in [4.69, 9.17) is 0 Å². The van der Waals surface area contributed by atoms with Crippen molar-refractivity contribution in [2.45, 2.75) is 4.90 Å². The van der Waals surface area contributed by atoms with Crippen molar-refractivity contribution < 1.29 is 13.2 Å². The summed E-state index contributed by atoms with van der Waals surface area (Å²) in [5.41, 5.74) is 3.64. The van der Waals surface area contributed by atoms with Crippen LogP contribution in [0, 0.1) is 0 Å². The normalized spacial score (nSPS) is 11.4. The van der Waals surface area contributed by atoms with Crippen molar-refractivity contribution in [3.63, 3.8) is 0 Å². The summed E-state index contributed by atoms with van der Waals surface area (Å²) in [5.74, 6) is -0.361. The summed E-state index contributed by atoms with van der Waals surface area (Å²) in [6, 6.07) is 22.6. The Morgan fingerprint density at radius 2 is 1.68 bits per heavy atom. The molecule has 2 aromatic heterocycles. The van der Waals surface area contributed by atoms with E-state index in [1.165, 1.54) is 47.0 Å². The second-order valence-electron chi connectivity index (χ2n) is 7.57. The molecule has 0 aliphatic heterocycles. The number of hydrogen-bond donors (Lipinski definition) is 2. The number of anilines is 2. The van der Waals surface area contributed by atoms with Crippen molar-refractivity contribution in [3.8, 4) is 11.3 Å². The van der Waals surface area contributed by atoms with Crippen LogP contribution in [0.1, 0.15) is 10.4 Å². The van der Waals surface area contributed by atoms with Gasteiger partial charge in [0.25, 0.3) is 15.9 Å². The van der Waals surface area contributed by atoms with E-state index in [-0.39, 0.29) is 10.8 Å². The van der Waals surface area contributed by atoms with Gasteiger partial charge in [0.15, 0.2) is 5.13 Å². The van der Waals surface area contributed by atoms with Gasteiger partial charge in [0.05, 0.1) is 16.3 Å². The lowest BCUT2D eigenvalue weighted by atomic mass is 10.1. The van der Waals surface area contributed by atoms with Crippen LogP contribution in [-0.4, -0.2) is 31.3 Å². The molecule has 0 spiro atoms. The van der Waals surface area contributed by atoms with Gasteiger partial charge in [0, 0.05) is 40.7 Å². The summed E-state index contributed by atoms with van der Waals surface area (Å²) in [6.07, 6.45) is 1.90. The summed E-state index contributed by atoms with van der Waals surface area (Å²) in [4.78, 5) is 20.6. The van der Waals surface area contributed by atoms with E-state index in [1.807, 2.05) is 41.9 Å². The topological polar surface area (TPSA) is 95.2 Å². The van der Waals surface area contributed by atoms with Crippen molar-refractivity contribution in [1.82, 2.24) is 9.97 Å². The van der Waals surface area contributed by atoms with Gasteiger partial charge in [-0.3, -0.25) is 14.4 Å². The minimum atomic E-state index is -3.74. The maximum absolute atomic E-state index is 12.9. The summed E-state index contributed by atoms with van der Waals surface area (Å²) in [7, 11) is -2.25. The molecule has 34 heavy (non-hydrogen) atoms. The number of carbonyl (C=O) groups excluding carboxylic acids is 1. The monoisotopic (exact) mass is 488 g/mol. The number of nitrogens with one attached hydrogen (secondary N) is 2. The molecule has 0 unspecified atom stereocenters. The van der Waals surface area contributed by atoms with Crippen LogP contribution in [0.2, 0.25) is 0 Å². The molecular weight excluding hydrogens is 468 g/mol. The predicted molar refractivity (Wildman–Crippen MR) is 136 cm³/mol. The minimum absolute atomic E-state index is 0.103. The molecule has 0 saturated heterocycles. The van der Waals surface area contributed by atoms with Gasteiger partial charge in [-0.2, -0.15) is 0 Å². The van der Waals surface area contributed by atoms with E-state index >= 15 is 0 Å². The molecule has 2 heterocycles. The molecule has 7 nitrogen and oxygen atoms in total. The molecule has 0 atom stereocenters. The number of H-pyrrole nitrogens is 1. The molecule has 3 aromatic carbocycles. The highest BCUT2D eigenvalue weighted by Crippen LogP contribution is 2.31. The van der Waals surface area contributed by atoms with Gasteiger partial charge in [-0.1, -0.05) is 36.4 Å². The smallest absolute Gasteiger partial charge is 0.264 e. The Labute approximate surface area is 200 Å². The molecule has 0 aliphatic carbocycles. The Kier molecular flexibility index (Phi) is 5.64. The van der Waals surface area contributed by atoms with Crippen molar-refractivity contribution in [3.05, 3.63) is 96.0 Å². The fourth-order valence-corrected chi connectivity index (χ4v) is 5.52. The van der Waals surface area contributed by atoms with Crippen LogP contribution in [-0.2, 0) is 10.0 Å². The van der Waals surface area contributed by atoms with E-state index in [9.17, 15) is 13.2 Å². The molecule has 1 amide bonds. The third kappa shape index (κ3) is 4.07. The lowest BCUT2D eigenvalue weighted by molar-refractivity contribution is 0.102. The standard InChI is InChI=1S/C25H20N4O3S2/c1-29(18-7-3-2-4-8-18)34(31,32)19-13-11-17(12-14-19)24(30)28-25-27-23(16-33-25)21-15-26-22-10-6-5-9-20(21)22/h2-16,26H,1H3,(H,27,28,30). The highest BCUT2D eigenvalue weighted by atomic mass is 32.2. The Morgan fingerprint density at radius 3 is 2.44 bits per heavy atom. The van der Waals surface area contributed by atoms with E-state index in [1.54, 1.807) is 24.3 Å². The fourth-order valence-electron chi connectivity index (χ4n) is 3.62. The molecular formula is C25H20N4O3S2. The van der Waals surface area contributed by atoms with Gasteiger partial charge in [-0.25, -0.2) is 13.4 Å². The first-order valence-corrected chi connectivity index (χ1v) is 12.7. The number of sulfonamides is 1. The third-order valence-electron chi connectivity index (χ3n) is 5.48. The highest BCUT2D eigenvalue weighted by molar-refractivity contribution is 7.92. The molecule has 2 N–H and O–H groups in total. The minimum Gasteiger partial charge on any atom is -0.360 e. The largest absolute Gasteiger partial charge is 0.360 e. The highest BCUT2D eigenvalue weighted by Gasteiger charge is 2.21. The first-order valence-electron chi connectivity index (χ1n) is 10.4. The van der Waals surface area contributed by atoms with Gasteiger partial charge < -0.3 is 4.98 Å². The van der Waals surface area contributed by atoms with Crippen molar-refractivity contribution in [1.29, 1.82) is 0 Å². The number of nitrogens with zero attached hydrogens (tertiary/aromatic N) is 2. The predicted octanol–water partition coefficient (Wildman–Crippen LogP) is 5.37. The van der Waals surface area contributed by atoms with E-state index in [2.05, 4.69) is 15.3 Å². The molecule has 0 bridgehead atoms. The number of aromatic nitrogens is 2. The third-order valence-corrected chi connectivity index (χ3v) is 8.04. The Balaban J connectivity index is 1.32. The van der Waals surface area contributed by atoms with E-state index < -0.39 is 10.0 Å². The van der Waals surface area contributed by atoms with Crippen molar-refractivity contribution >= 4 is 49.0 Å². The van der Waals surface area contributed by atoms with E-state index in [0.717, 1.165) is 22.2 Å². The van der Waals surface area contributed by atoms with Crippen LogP contribution in [0.15, 0.2) is 95.3 Å². The number of hydrogen-bond acceptors (Lipinski definition) is 5. The zero-order valence-electron chi connectivity index (χ0n) is 18.1.